The number of hydrogen-bond acceptors (Lipinski definition) is 6. The molecule has 0 aliphatic rings. The summed E-state index contributed by atoms with van der Waals surface area (Å²) >= 11 is 0. The third-order valence-electron chi connectivity index (χ3n) is 10.3. The normalized spacial score (nSPS) is 12.5. The van der Waals surface area contributed by atoms with E-state index in [-0.39, 0.29) is 31.1 Å². The Hall–Kier alpha value is -2.89. The predicted octanol–water partition coefficient (Wildman–Crippen LogP) is 15.7. The van der Waals surface area contributed by atoms with E-state index in [1.54, 1.807) is 0 Å². The molecule has 0 saturated carbocycles. The van der Waals surface area contributed by atoms with Gasteiger partial charge in [-0.1, -0.05) is 191 Å². The molecule has 1 unspecified atom stereocenters. The molecule has 0 spiro atoms. The number of ether oxygens (including phenoxy) is 3. The zero-order valence-electron chi connectivity index (χ0n) is 38.0. The van der Waals surface area contributed by atoms with Crippen molar-refractivity contribution in [3.05, 3.63) is 60.8 Å². The van der Waals surface area contributed by atoms with Crippen LogP contribution in [0.5, 0.6) is 0 Å². The molecule has 0 aliphatic carbocycles. The summed E-state index contributed by atoms with van der Waals surface area (Å²) in [5, 5.41) is 0. The molecular formula is C52H90O6. The Morgan fingerprint density at radius 1 is 0.362 bits per heavy atom. The first-order chi connectivity index (χ1) is 28.5. The lowest BCUT2D eigenvalue weighted by Gasteiger charge is -2.18. The standard InChI is InChI=1S/C52H90O6/c1-4-7-10-13-16-19-22-25-26-28-30-33-36-39-42-45-51(54)57-48-49(47-56-50(53)44-41-38-35-32-29-24-21-18-15-12-9-6-3)58-52(55)46-43-40-37-34-31-27-23-20-17-14-11-8-5-2/h7,10,16,18-19,21,25-26,30,33,49H,4-6,8-9,11-15,17,20,22-24,27-29,31-32,34-48H2,1-3H3/b10-7-,19-16-,21-18-,26-25-,33-30-. The van der Waals surface area contributed by atoms with Crippen LogP contribution in [0.25, 0.3) is 0 Å². The van der Waals surface area contributed by atoms with Gasteiger partial charge in [-0.15, -0.1) is 0 Å². The molecule has 0 radical (unpaired) electrons. The minimum atomic E-state index is -0.790. The Morgan fingerprint density at radius 2 is 0.672 bits per heavy atom. The first-order valence-electron chi connectivity index (χ1n) is 24.3. The zero-order chi connectivity index (χ0) is 42.3. The smallest absolute Gasteiger partial charge is 0.306 e. The fourth-order valence-corrected chi connectivity index (χ4v) is 6.60. The average molecular weight is 811 g/mol. The number of allylic oxidation sites excluding steroid dienone is 10. The maximum absolute atomic E-state index is 12.7. The van der Waals surface area contributed by atoms with Gasteiger partial charge >= 0.3 is 17.9 Å². The molecule has 6 heteroatoms. The van der Waals surface area contributed by atoms with Gasteiger partial charge in [0.05, 0.1) is 0 Å². The van der Waals surface area contributed by atoms with E-state index < -0.39 is 6.10 Å². The van der Waals surface area contributed by atoms with E-state index in [1.165, 1.54) is 103 Å². The average Bonchev–Trinajstić information content (AvgIpc) is 3.22. The van der Waals surface area contributed by atoms with Crippen LogP contribution >= 0.6 is 0 Å². The molecule has 0 rings (SSSR count). The highest BCUT2D eigenvalue weighted by molar-refractivity contribution is 5.71. The molecule has 334 valence electrons. The summed E-state index contributed by atoms with van der Waals surface area (Å²) in [5.41, 5.74) is 0. The van der Waals surface area contributed by atoms with Crippen LogP contribution in [0.1, 0.15) is 233 Å². The van der Waals surface area contributed by atoms with Crippen molar-refractivity contribution in [1.82, 2.24) is 0 Å². The molecule has 0 N–H and O–H groups in total. The van der Waals surface area contributed by atoms with Gasteiger partial charge in [-0.3, -0.25) is 14.4 Å². The van der Waals surface area contributed by atoms with Crippen molar-refractivity contribution in [1.29, 1.82) is 0 Å². The van der Waals surface area contributed by atoms with Crippen molar-refractivity contribution in [3.8, 4) is 0 Å². The molecule has 0 fully saturated rings. The lowest BCUT2D eigenvalue weighted by atomic mass is 10.0. The van der Waals surface area contributed by atoms with Gasteiger partial charge in [0, 0.05) is 19.3 Å². The molecule has 1 atom stereocenters. The monoisotopic (exact) mass is 811 g/mol. The third kappa shape index (κ3) is 44.2. The van der Waals surface area contributed by atoms with Crippen LogP contribution in [0.15, 0.2) is 60.8 Å². The summed E-state index contributed by atoms with van der Waals surface area (Å²) in [5.74, 6) is -0.940. The van der Waals surface area contributed by atoms with E-state index in [4.69, 9.17) is 14.2 Å². The molecular weight excluding hydrogens is 721 g/mol. The van der Waals surface area contributed by atoms with Crippen LogP contribution in [0.4, 0.5) is 0 Å². The maximum atomic E-state index is 12.7. The van der Waals surface area contributed by atoms with Gasteiger partial charge in [0.15, 0.2) is 6.10 Å². The number of unbranched alkanes of at least 4 members (excludes halogenated alkanes) is 22. The predicted molar refractivity (Wildman–Crippen MR) is 247 cm³/mol. The second-order valence-corrected chi connectivity index (χ2v) is 16.0. The maximum Gasteiger partial charge on any atom is 0.306 e. The lowest BCUT2D eigenvalue weighted by Crippen LogP contribution is -2.30. The van der Waals surface area contributed by atoms with Crippen molar-refractivity contribution in [2.75, 3.05) is 13.2 Å². The minimum Gasteiger partial charge on any atom is -0.462 e. The molecule has 58 heavy (non-hydrogen) atoms. The lowest BCUT2D eigenvalue weighted by molar-refractivity contribution is -0.167. The highest BCUT2D eigenvalue weighted by Crippen LogP contribution is 2.14. The van der Waals surface area contributed by atoms with Crippen molar-refractivity contribution in [2.24, 2.45) is 0 Å². The largest absolute Gasteiger partial charge is 0.462 e. The molecule has 0 heterocycles. The van der Waals surface area contributed by atoms with Gasteiger partial charge in [-0.2, -0.15) is 0 Å². The molecule has 6 nitrogen and oxygen atoms in total. The van der Waals surface area contributed by atoms with Crippen molar-refractivity contribution in [2.45, 2.75) is 239 Å². The van der Waals surface area contributed by atoms with Crippen LogP contribution in [0.3, 0.4) is 0 Å². The molecule has 0 amide bonds. The summed E-state index contributed by atoms with van der Waals surface area (Å²) in [6.07, 6.45) is 56.3. The first-order valence-corrected chi connectivity index (χ1v) is 24.3. The fraction of sp³-hybridized carbons (Fsp3) is 0.750. The summed E-state index contributed by atoms with van der Waals surface area (Å²) < 4.78 is 16.7. The minimum absolute atomic E-state index is 0.0904. The van der Waals surface area contributed by atoms with E-state index in [1.807, 2.05) is 0 Å². The van der Waals surface area contributed by atoms with Crippen molar-refractivity contribution < 1.29 is 28.6 Å². The molecule has 0 saturated heterocycles. The number of carbonyl (C=O) groups is 3. The topological polar surface area (TPSA) is 78.9 Å². The van der Waals surface area contributed by atoms with Gasteiger partial charge in [0.1, 0.15) is 13.2 Å². The third-order valence-corrected chi connectivity index (χ3v) is 10.3. The Balaban J connectivity index is 4.45. The number of hydrogen-bond donors (Lipinski definition) is 0. The molecule has 0 aromatic rings. The molecule has 0 bridgehead atoms. The van der Waals surface area contributed by atoms with Gasteiger partial charge < -0.3 is 14.2 Å². The van der Waals surface area contributed by atoms with Crippen molar-refractivity contribution in [3.63, 3.8) is 0 Å². The van der Waals surface area contributed by atoms with Crippen LogP contribution < -0.4 is 0 Å². The van der Waals surface area contributed by atoms with E-state index in [0.717, 1.165) is 89.9 Å². The number of esters is 3. The Kier molecular flexibility index (Phi) is 44.5. The summed E-state index contributed by atoms with van der Waals surface area (Å²) in [4.78, 5) is 37.8. The van der Waals surface area contributed by atoms with Gasteiger partial charge in [0.25, 0.3) is 0 Å². The highest BCUT2D eigenvalue weighted by Gasteiger charge is 2.19. The Labute approximate surface area is 358 Å². The number of rotatable bonds is 43. The quantitative estimate of drug-likeness (QED) is 0.0264. The second-order valence-electron chi connectivity index (χ2n) is 16.0. The molecule has 0 aromatic carbocycles. The van der Waals surface area contributed by atoms with Gasteiger partial charge in [0.2, 0.25) is 0 Å². The SMILES string of the molecule is CC/C=C\C/C=C\C/C=C\C/C=C\CCCCC(=O)OCC(COC(=O)CCCCCCC/C=C\CCCCC)OC(=O)CCCCCCCCCCCCCCC. The van der Waals surface area contributed by atoms with Crippen LogP contribution in [-0.2, 0) is 28.6 Å². The summed E-state index contributed by atoms with van der Waals surface area (Å²) in [7, 11) is 0. The van der Waals surface area contributed by atoms with Gasteiger partial charge in [-0.25, -0.2) is 0 Å². The van der Waals surface area contributed by atoms with E-state index in [2.05, 4.69) is 81.5 Å². The van der Waals surface area contributed by atoms with E-state index in [9.17, 15) is 14.4 Å². The summed E-state index contributed by atoms with van der Waals surface area (Å²) in [6, 6.07) is 0. The molecule has 0 aromatic heterocycles. The highest BCUT2D eigenvalue weighted by atomic mass is 16.6. The van der Waals surface area contributed by atoms with Crippen LogP contribution in [0.2, 0.25) is 0 Å². The zero-order valence-corrected chi connectivity index (χ0v) is 38.0. The van der Waals surface area contributed by atoms with E-state index >= 15 is 0 Å². The van der Waals surface area contributed by atoms with Gasteiger partial charge in [-0.05, 0) is 83.5 Å². The van der Waals surface area contributed by atoms with E-state index in [0.29, 0.717) is 19.3 Å². The fourth-order valence-electron chi connectivity index (χ4n) is 6.60. The van der Waals surface area contributed by atoms with Crippen LogP contribution in [-0.4, -0.2) is 37.2 Å². The number of carbonyl (C=O) groups excluding carboxylic acids is 3. The Bertz CT molecular complexity index is 1070. The first kappa shape index (κ1) is 55.1. The Morgan fingerprint density at radius 3 is 1.14 bits per heavy atom. The van der Waals surface area contributed by atoms with Crippen molar-refractivity contribution >= 4 is 17.9 Å². The second kappa shape index (κ2) is 46.8. The van der Waals surface area contributed by atoms with Crippen LogP contribution in [0, 0.1) is 0 Å². The molecule has 0 aliphatic heterocycles. The summed E-state index contributed by atoms with van der Waals surface area (Å²) in [6.45, 7) is 6.45.